The highest BCUT2D eigenvalue weighted by molar-refractivity contribution is 5.87. The van der Waals surface area contributed by atoms with Crippen molar-refractivity contribution in [2.75, 3.05) is 6.61 Å². The largest absolute Gasteiger partial charge is 0.457 e. The van der Waals surface area contributed by atoms with Crippen LogP contribution >= 0.6 is 0 Å². The minimum atomic E-state index is -0.453. The third kappa shape index (κ3) is 2.67. The van der Waals surface area contributed by atoms with Gasteiger partial charge in [-0.3, -0.25) is 0 Å². The Morgan fingerprint density at radius 1 is 1.10 bits per heavy atom. The Labute approximate surface area is 175 Å². The number of rotatable bonds is 3. The van der Waals surface area contributed by atoms with Gasteiger partial charge in [0, 0.05) is 21.8 Å². The van der Waals surface area contributed by atoms with Crippen LogP contribution in [-0.4, -0.2) is 35.0 Å². The third-order valence-electron chi connectivity index (χ3n) is 9.77. The van der Waals surface area contributed by atoms with Gasteiger partial charge in [0.1, 0.15) is 6.10 Å². The lowest BCUT2D eigenvalue weighted by atomic mass is 9.39. The van der Waals surface area contributed by atoms with Crippen molar-refractivity contribution in [2.45, 2.75) is 85.4 Å². The van der Waals surface area contributed by atoms with Crippen molar-refractivity contribution in [3.05, 3.63) is 23.8 Å². The van der Waals surface area contributed by atoms with E-state index < -0.39 is 11.5 Å². The Morgan fingerprint density at radius 3 is 2.45 bits per heavy atom. The summed E-state index contributed by atoms with van der Waals surface area (Å²) in [5.74, 6) is 0.494. The van der Waals surface area contributed by atoms with Crippen LogP contribution in [-0.2, 0) is 9.53 Å². The molecule has 0 aliphatic heterocycles. The fourth-order valence-corrected chi connectivity index (χ4v) is 7.89. The van der Waals surface area contributed by atoms with Crippen LogP contribution in [0.25, 0.3) is 0 Å². The highest BCUT2D eigenvalue weighted by Crippen LogP contribution is 2.72. The van der Waals surface area contributed by atoms with Crippen LogP contribution in [0.3, 0.4) is 0 Å². The summed E-state index contributed by atoms with van der Waals surface area (Å²) in [6.45, 7) is 10.4. The Bertz CT molecular complexity index is 756. The standard InChI is InChI=1S/C25H38O4/c1-6-16(2)20(28)29-21-22(3)10-7-18-23(4)11-9-19(27)24(5,15-26)17(23)8-12-25(18,21)14-13-22/h6,13-14,17-19,21,26-27H,7-12,15H2,1-5H3/b16-6+/t17-,18+,19+,21-,22+,23+,24-,25+/m0/s1. The van der Waals surface area contributed by atoms with Gasteiger partial charge in [-0.2, -0.15) is 0 Å². The summed E-state index contributed by atoms with van der Waals surface area (Å²) < 4.78 is 6.25. The van der Waals surface area contributed by atoms with E-state index in [-0.39, 0.29) is 40.8 Å². The number of esters is 1. The van der Waals surface area contributed by atoms with E-state index in [0.29, 0.717) is 11.5 Å². The van der Waals surface area contributed by atoms with E-state index >= 15 is 0 Å². The molecule has 2 N–H and O–H groups in total. The number of ether oxygens (including phenoxy) is 1. The monoisotopic (exact) mass is 402 g/mol. The van der Waals surface area contributed by atoms with Gasteiger partial charge < -0.3 is 14.9 Å². The van der Waals surface area contributed by atoms with E-state index in [0.717, 1.165) is 38.5 Å². The summed E-state index contributed by atoms with van der Waals surface area (Å²) in [5.41, 5.74) is 0.0230. The summed E-state index contributed by atoms with van der Waals surface area (Å²) in [7, 11) is 0. The molecule has 4 nitrogen and oxygen atoms in total. The summed E-state index contributed by atoms with van der Waals surface area (Å²) in [4.78, 5) is 12.7. The van der Waals surface area contributed by atoms with Gasteiger partial charge in [0.25, 0.3) is 0 Å². The maximum Gasteiger partial charge on any atom is 0.333 e. The van der Waals surface area contributed by atoms with Gasteiger partial charge in [0.2, 0.25) is 0 Å². The lowest BCUT2D eigenvalue weighted by Gasteiger charge is -2.66. The molecule has 0 aromatic rings. The molecule has 162 valence electrons. The molecule has 0 aromatic heterocycles. The van der Waals surface area contributed by atoms with E-state index in [1.54, 1.807) is 0 Å². The third-order valence-corrected chi connectivity index (χ3v) is 9.77. The molecule has 2 bridgehead atoms. The van der Waals surface area contributed by atoms with Crippen LogP contribution < -0.4 is 0 Å². The molecule has 4 rings (SSSR count). The second kappa shape index (κ2) is 6.68. The molecular formula is C25H38O4. The Morgan fingerprint density at radius 2 is 1.79 bits per heavy atom. The molecule has 0 unspecified atom stereocenters. The molecule has 0 saturated heterocycles. The zero-order chi connectivity index (χ0) is 21.2. The number of hydrogen-bond donors (Lipinski definition) is 2. The lowest BCUT2D eigenvalue weighted by Crippen LogP contribution is -2.64. The Hall–Kier alpha value is -1.13. The van der Waals surface area contributed by atoms with E-state index in [1.165, 1.54) is 0 Å². The number of carbonyl (C=O) groups excluding carboxylic acids is 1. The molecule has 3 saturated carbocycles. The van der Waals surface area contributed by atoms with Crippen molar-refractivity contribution in [1.29, 1.82) is 0 Å². The molecule has 1 spiro atoms. The minimum absolute atomic E-state index is 0.0284. The maximum absolute atomic E-state index is 12.7. The number of carbonyl (C=O) groups is 1. The molecule has 4 heteroatoms. The van der Waals surface area contributed by atoms with Gasteiger partial charge in [-0.15, -0.1) is 0 Å². The molecule has 4 aliphatic rings. The van der Waals surface area contributed by atoms with Gasteiger partial charge in [-0.25, -0.2) is 4.79 Å². The predicted molar refractivity (Wildman–Crippen MR) is 113 cm³/mol. The average molecular weight is 403 g/mol. The molecule has 0 radical (unpaired) electrons. The van der Waals surface area contributed by atoms with Gasteiger partial charge in [-0.05, 0) is 69.6 Å². The van der Waals surface area contributed by atoms with Crippen LogP contribution in [0.2, 0.25) is 0 Å². The molecule has 29 heavy (non-hydrogen) atoms. The quantitative estimate of drug-likeness (QED) is 0.417. The van der Waals surface area contributed by atoms with Crippen LogP contribution in [0.5, 0.6) is 0 Å². The molecule has 4 aliphatic carbocycles. The van der Waals surface area contributed by atoms with E-state index in [2.05, 4.69) is 32.9 Å². The summed E-state index contributed by atoms with van der Waals surface area (Å²) in [6, 6.07) is 0. The van der Waals surface area contributed by atoms with Crippen molar-refractivity contribution in [3.63, 3.8) is 0 Å². The first-order chi connectivity index (χ1) is 13.6. The van der Waals surface area contributed by atoms with Gasteiger partial charge in [0.05, 0.1) is 12.7 Å². The molecule has 0 aromatic carbocycles. The molecule has 0 amide bonds. The normalized spacial score (nSPS) is 51.3. The topological polar surface area (TPSA) is 66.8 Å². The lowest BCUT2D eigenvalue weighted by molar-refractivity contribution is -0.224. The molecule has 8 atom stereocenters. The zero-order valence-electron chi connectivity index (χ0n) is 18.7. The number of aliphatic hydroxyl groups excluding tert-OH is 2. The van der Waals surface area contributed by atoms with Crippen LogP contribution in [0, 0.1) is 33.5 Å². The SMILES string of the molecule is C/C=C(\C)C(=O)O[C@@H]1[C@]23C=C[C@@]1(C)CC[C@@H]2[C@]1(C)CC[C@@H](O)[C@@](C)(CO)[C@H]1CC3. The van der Waals surface area contributed by atoms with Crippen molar-refractivity contribution in [3.8, 4) is 0 Å². The van der Waals surface area contributed by atoms with Crippen molar-refractivity contribution in [2.24, 2.45) is 33.5 Å². The van der Waals surface area contributed by atoms with Crippen molar-refractivity contribution in [1.82, 2.24) is 0 Å². The van der Waals surface area contributed by atoms with Crippen molar-refractivity contribution < 1.29 is 19.7 Å². The number of allylic oxidation sites excluding steroid dienone is 1. The molecule has 0 heterocycles. The summed E-state index contributed by atoms with van der Waals surface area (Å²) >= 11 is 0. The highest BCUT2D eigenvalue weighted by atomic mass is 16.5. The van der Waals surface area contributed by atoms with Gasteiger partial charge in [-0.1, -0.05) is 39.0 Å². The van der Waals surface area contributed by atoms with E-state index in [9.17, 15) is 15.0 Å². The fraction of sp³-hybridized carbons (Fsp3) is 0.800. The first kappa shape index (κ1) is 21.1. The maximum atomic E-state index is 12.7. The fourth-order valence-electron chi connectivity index (χ4n) is 7.89. The van der Waals surface area contributed by atoms with E-state index in [4.69, 9.17) is 4.74 Å². The summed E-state index contributed by atoms with van der Waals surface area (Å²) in [6.07, 6.45) is 11.7. The first-order valence-corrected chi connectivity index (χ1v) is 11.4. The minimum Gasteiger partial charge on any atom is -0.457 e. The number of aliphatic hydroxyl groups is 2. The highest BCUT2D eigenvalue weighted by Gasteiger charge is 2.69. The Balaban J connectivity index is 1.73. The first-order valence-electron chi connectivity index (χ1n) is 11.4. The van der Waals surface area contributed by atoms with Gasteiger partial charge >= 0.3 is 5.97 Å². The van der Waals surface area contributed by atoms with Gasteiger partial charge in [0.15, 0.2) is 0 Å². The van der Waals surface area contributed by atoms with Crippen LogP contribution in [0.1, 0.15) is 73.1 Å². The predicted octanol–water partition coefficient (Wildman–Crippen LogP) is 4.41. The Kier molecular flexibility index (Phi) is 4.87. The second-order valence-electron chi connectivity index (χ2n) is 11.1. The summed E-state index contributed by atoms with van der Waals surface area (Å²) in [5, 5.41) is 21.0. The second-order valence-corrected chi connectivity index (χ2v) is 11.1. The average Bonchev–Trinajstić information content (AvgIpc) is 2.86. The smallest absolute Gasteiger partial charge is 0.333 e. The molecular weight excluding hydrogens is 364 g/mol. The van der Waals surface area contributed by atoms with Crippen LogP contribution in [0.4, 0.5) is 0 Å². The van der Waals surface area contributed by atoms with Crippen LogP contribution in [0.15, 0.2) is 23.8 Å². The number of fused-ring (bicyclic) bond motifs is 3. The number of hydrogen-bond acceptors (Lipinski definition) is 4. The molecule has 3 fully saturated rings. The zero-order valence-corrected chi connectivity index (χ0v) is 18.7. The van der Waals surface area contributed by atoms with Crippen molar-refractivity contribution >= 4 is 5.97 Å². The van der Waals surface area contributed by atoms with E-state index in [1.807, 2.05) is 19.9 Å².